The van der Waals surface area contributed by atoms with Crippen LogP contribution < -0.4 is 11.2 Å². The van der Waals surface area contributed by atoms with Crippen LogP contribution in [0.25, 0.3) is 0 Å². The predicted octanol–water partition coefficient (Wildman–Crippen LogP) is -0.922. The van der Waals surface area contributed by atoms with Crippen molar-refractivity contribution in [2.24, 2.45) is 0 Å². The Morgan fingerprint density at radius 2 is 2.09 bits per heavy atom. The van der Waals surface area contributed by atoms with Crippen molar-refractivity contribution in [2.75, 3.05) is 6.61 Å². The van der Waals surface area contributed by atoms with Gasteiger partial charge in [-0.05, 0) is 0 Å². The number of H-pyrrole nitrogens is 1. The molecule has 3 atom stereocenters. The molecular formula is C9H11Cl2N2O8P. The summed E-state index contributed by atoms with van der Waals surface area (Å²) in [5.74, 6) is 0. The molecule has 1 aromatic heterocycles. The van der Waals surface area contributed by atoms with Crippen molar-refractivity contribution in [1.82, 2.24) is 9.55 Å². The second-order valence-corrected chi connectivity index (χ2v) is 7.13. The molecule has 4 N–H and O–H groups in total. The lowest BCUT2D eigenvalue weighted by Crippen LogP contribution is -2.41. The van der Waals surface area contributed by atoms with Crippen LogP contribution >= 0.6 is 31.0 Å². The van der Waals surface area contributed by atoms with Crippen LogP contribution in [0.15, 0.2) is 21.9 Å². The molecule has 0 amide bonds. The minimum atomic E-state index is -4.79. The van der Waals surface area contributed by atoms with Crippen LogP contribution in [-0.2, 0) is 13.8 Å². The summed E-state index contributed by atoms with van der Waals surface area (Å²) in [6.07, 6.45) is -3.25. The summed E-state index contributed by atoms with van der Waals surface area (Å²) in [6, 6.07) is 1.01. The Labute approximate surface area is 132 Å². The Morgan fingerprint density at radius 1 is 1.45 bits per heavy atom. The van der Waals surface area contributed by atoms with E-state index < -0.39 is 48.4 Å². The second kappa shape index (κ2) is 6.06. The van der Waals surface area contributed by atoms with Crippen LogP contribution in [-0.4, -0.2) is 47.6 Å². The summed E-state index contributed by atoms with van der Waals surface area (Å²) in [7, 11) is -4.79. The highest BCUT2D eigenvalue weighted by atomic mass is 35.5. The number of alkyl halides is 2. The molecule has 124 valence electrons. The molecule has 22 heavy (non-hydrogen) atoms. The Morgan fingerprint density at radius 3 is 2.64 bits per heavy atom. The number of halogens is 2. The largest absolute Gasteiger partial charge is 0.469 e. The highest BCUT2D eigenvalue weighted by Crippen LogP contribution is 2.47. The van der Waals surface area contributed by atoms with Crippen molar-refractivity contribution >= 4 is 31.0 Å². The molecule has 1 aromatic rings. The fourth-order valence-corrected chi connectivity index (χ4v) is 2.82. The molecule has 1 saturated heterocycles. The van der Waals surface area contributed by atoms with Crippen molar-refractivity contribution in [3.63, 3.8) is 0 Å². The van der Waals surface area contributed by atoms with Gasteiger partial charge in [-0.25, -0.2) is 9.36 Å². The minimum absolute atomic E-state index is 0.657. The van der Waals surface area contributed by atoms with E-state index in [9.17, 15) is 19.3 Å². The zero-order valence-electron chi connectivity index (χ0n) is 10.6. The SMILES string of the molecule is O=c1ccn(C2O[C@H](COP(=O)(O)O)[C@@H](O)C2(Cl)Cl)c(=O)[nH]1. The first-order chi connectivity index (χ1) is 10.0. The van der Waals surface area contributed by atoms with Gasteiger partial charge in [-0.15, -0.1) is 0 Å². The van der Waals surface area contributed by atoms with E-state index in [0.717, 1.165) is 16.8 Å². The summed E-state index contributed by atoms with van der Waals surface area (Å²) in [5, 5.41) is 9.98. The molecular weight excluding hydrogens is 366 g/mol. The molecule has 1 unspecified atom stereocenters. The van der Waals surface area contributed by atoms with Crippen molar-refractivity contribution in [1.29, 1.82) is 0 Å². The number of rotatable bonds is 4. The van der Waals surface area contributed by atoms with Crippen molar-refractivity contribution in [2.45, 2.75) is 22.8 Å². The number of hydrogen-bond acceptors (Lipinski definition) is 6. The van der Waals surface area contributed by atoms with Gasteiger partial charge in [0.1, 0.15) is 12.2 Å². The zero-order chi connectivity index (χ0) is 16.7. The van der Waals surface area contributed by atoms with E-state index in [-0.39, 0.29) is 0 Å². The van der Waals surface area contributed by atoms with Crippen molar-refractivity contribution < 1.29 is 28.7 Å². The fraction of sp³-hybridized carbons (Fsp3) is 0.556. The van der Waals surface area contributed by atoms with E-state index in [0.29, 0.717) is 0 Å². The normalized spacial score (nSPS) is 28.0. The van der Waals surface area contributed by atoms with Gasteiger partial charge in [-0.2, -0.15) is 0 Å². The Bertz CT molecular complexity index is 712. The molecule has 1 aliphatic rings. The van der Waals surface area contributed by atoms with Gasteiger partial charge in [0, 0.05) is 12.3 Å². The lowest BCUT2D eigenvalue weighted by Gasteiger charge is -2.23. The number of hydrogen-bond donors (Lipinski definition) is 4. The van der Waals surface area contributed by atoms with Crippen LogP contribution in [0.5, 0.6) is 0 Å². The average Bonchev–Trinajstić information content (AvgIpc) is 2.59. The van der Waals surface area contributed by atoms with Crippen LogP contribution in [0, 0.1) is 0 Å². The van der Waals surface area contributed by atoms with Gasteiger partial charge in [0.2, 0.25) is 0 Å². The maximum absolute atomic E-state index is 11.7. The number of aliphatic hydroxyl groups excluding tert-OH is 1. The zero-order valence-corrected chi connectivity index (χ0v) is 13.0. The Balaban J connectivity index is 2.28. The first kappa shape index (κ1) is 17.6. The van der Waals surface area contributed by atoms with Gasteiger partial charge < -0.3 is 19.6 Å². The van der Waals surface area contributed by atoms with Crippen LogP contribution in [0.2, 0.25) is 0 Å². The number of aromatic amines is 1. The monoisotopic (exact) mass is 376 g/mol. The quantitative estimate of drug-likeness (QED) is 0.389. The van der Waals surface area contributed by atoms with E-state index in [1.54, 1.807) is 0 Å². The smallest absolute Gasteiger partial charge is 0.387 e. The second-order valence-electron chi connectivity index (χ2n) is 4.45. The van der Waals surface area contributed by atoms with Crippen LogP contribution in [0.4, 0.5) is 0 Å². The summed E-state index contributed by atoms with van der Waals surface area (Å²) in [6.45, 7) is -0.707. The summed E-state index contributed by atoms with van der Waals surface area (Å²) in [5.41, 5.74) is -1.54. The third kappa shape index (κ3) is 3.61. The fourth-order valence-electron chi connectivity index (χ4n) is 1.89. The van der Waals surface area contributed by atoms with E-state index >= 15 is 0 Å². The predicted molar refractivity (Wildman–Crippen MR) is 73.7 cm³/mol. The molecule has 0 aliphatic carbocycles. The number of nitrogens with one attached hydrogen (secondary N) is 1. The number of phosphoric ester groups is 1. The third-order valence-electron chi connectivity index (χ3n) is 2.89. The van der Waals surface area contributed by atoms with E-state index in [2.05, 4.69) is 4.52 Å². The Kier molecular flexibility index (Phi) is 4.86. The molecule has 10 nitrogen and oxygen atoms in total. The summed E-state index contributed by atoms with van der Waals surface area (Å²) >= 11 is 11.9. The highest BCUT2D eigenvalue weighted by molar-refractivity contribution is 7.46. The number of ether oxygens (including phenoxy) is 1. The van der Waals surface area contributed by atoms with Gasteiger partial charge in [0.05, 0.1) is 6.61 Å². The number of phosphoric acid groups is 1. The van der Waals surface area contributed by atoms with Gasteiger partial charge in [0.25, 0.3) is 5.56 Å². The molecule has 0 aromatic carbocycles. The van der Waals surface area contributed by atoms with E-state index in [1.165, 1.54) is 0 Å². The number of nitrogens with zero attached hydrogens (tertiary/aromatic N) is 1. The molecule has 0 spiro atoms. The summed E-state index contributed by atoms with van der Waals surface area (Å²) in [4.78, 5) is 42.0. The highest BCUT2D eigenvalue weighted by Gasteiger charge is 2.56. The molecule has 0 bridgehead atoms. The topological polar surface area (TPSA) is 151 Å². The molecule has 1 fully saturated rings. The lowest BCUT2D eigenvalue weighted by molar-refractivity contribution is -0.0453. The minimum Gasteiger partial charge on any atom is -0.387 e. The number of aromatic nitrogens is 2. The van der Waals surface area contributed by atoms with Crippen LogP contribution in [0.1, 0.15) is 6.23 Å². The lowest BCUT2D eigenvalue weighted by atomic mass is 10.2. The molecule has 2 rings (SSSR count). The van der Waals surface area contributed by atoms with E-state index in [4.69, 9.17) is 37.7 Å². The summed E-state index contributed by atoms with van der Waals surface area (Å²) < 4.78 is 19.0. The Hall–Kier alpha value is -0.710. The van der Waals surface area contributed by atoms with E-state index in [1.807, 2.05) is 4.98 Å². The average molecular weight is 377 g/mol. The molecule has 0 saturated carbocycles. The first-order valence-corrected chi connectivity index (χ1v) is 8.04. The van der Waals surface area contributed by atoms with Gasteiger partial charge in [-0.3, -0.25) is 18.9 Å². The standard InChI is InChI=1S/C9H11Cl2N2O8P/c10-9(11)6(15)4(3-20-22(17,18)19)21-7(9)13-2-1-5(14)12-8(13)16/h1-2,4,6-7,15H,3H2,(H,12,14,16)(H2,17,18,19)/t4-,6-,7?/m1/s1. The molecule has 2 heterocycles. The van der Waals surface area contributed by atoms with Gasteiger partial charge in [-0.1, -0.05) is 23.2 Å². The third-order valence-corrected chi connectivity index (χ3v) is 4.20. The van der Waals surface area contributed by atoms with Crippen molar-refractivity contribution in [3.8, 4) is 0 Å². The van der Waals surface area contributed by atoms with Gasteiger partial charge in [0.15, 0.2) is 10.6 Å². The van der Waals surface area contributed by atoms with Crippen LogP contribution in [0.3, 0.4) is 0 Å². The maximum atomic E-state index is 11.7. The molecule has 1 aliphatic heterocycles. The molecule has 0 radical (unpaired) electrons. The van der Waals surface area contributed by atoms with Crippen molar-refractivity contribution in [3.05, 3.63) is 33.1 Å². The maximum Gasteiger partial charge on any atom is 0.469 e. The number of aliphatic hydroxyl groups is 1. The first-order valence-electron chi connectivity index (χ1n) is 5.75. The van der Waals surface area contributed by atoms with Gasteiger partial charge >= 0.3 is 13.5 Å². The molecule has 13 heteroatoms.